The molecule has 1 N–H and O–H groups in total. The molecule has 106 valence electrons. The molecule has 21 heavy (non-hydrogen) atoms. The largest absolute Gasteiger partial charge is 0.493 e. The van der Waals surface area contributed by atoms with Gasteiger partial charge in [-0.15, -0.1) is 17.9 Å². The number of benzene rings is 1. The summed E-state index contributed by atoms with van der Waals surface area (Å²) in [7, 11) is 0. The number of thiazole rings is 1. The van der Waals surface area contributed by atoms with Crippen molar-refractivity contribution in [1.82, 2.24) is 4.57 Å². The highest BCUT2D eigenvalue weighted by atomic mass is 127. The quantitative estimate of drug-likeness (QED) is 0.463. The van der Waals surface area contributed by atoms with Crippen molar-refractivity contribution in [3.05, 3.63) is 53.8 Å². The van der Waals surface area contributed by atoms with E-state index in [2.05, 4.69) is 34.2 Å². The molecule has 1 aromatic heterocycles. The Balaban J connectivity index is 2.36. The fraction of sp³-hybridized carbons (Fsp3) is 0.0714. The van der Waals surface area contributed by atoms with E-state index >= 15 is 0 Å². The van der Waals surface area contributed by atoms with Crippen LogP contribution in [0.25, 0.3) is 5.57 Å². The van der Waals surface area contributed by atoms with Crippen molar-refractivity contribution in [2.45, 2.75) is 6.54 Å². The number of rotatable bonds is 3. The number of halogens is 1. The summed E-state index contributed by atoms with van der Waals surface area (Å²) in [5.74, 6) is -0.348. The van der Waals surface area contributed by atoms with E-state index in [0.29, 0.717) is 26.3 Å². The minimum Gasteiger partial charge on any atom is -0.493 e. The summed E-state index contributed by atoms with van der Waals surface area (Å²) in [5, 5.41) is 11.7. The van der Waals surface area contributed by atoms with Gasteiger partial charge in [0.2, 0.25) is 5.88 Å². The van der Waals surface area contributed by atoms with Gasteiger partial charge in [-0.2, -0.15) is 0 Å². The van der Waals surface area contributed by atoms with Crippen LogP contribution < -0.4 is 10.6 Å². The zero-order valence-electron chi connectivity index (χ0n) is 10.7. The van der Waals surface area contributed by atoms with Crippen LogP contribution in [0.3, 0.4) is 0 Å². The summed E-state index contributed by atoms with van der Waals surface area (Å²) >= 11 is 8.63. The molecule has 1 aliphatic rings. The molecular weight excluding hydrogens is 419 g/mol. The first-order valence-electron chi connectivity index (χ1n) is 5.99. The fourth-order valence-corrected chi connectivity index (χ4v) is 4.00. The van der Waals surface area contributed by atoms with Crippen molar-refractivity contribution in [3.63, 3.8) is 0 Å². The zero-order valence-corrected chi connectivity index (χ0v) is 14.5. The third-order valence-electron chi connectivity index (χ3n) is 3.07. The van der Waals surface area contributed by atoms with E-state index in [9.17, 15) is 9.90 Å². The molecule has 0 saturated carbocycles. The maximum absolute atomic E-state index is 12.2. The van der Waals surface area contributed by atoms with E-state index in [0.717, 1.165) is 8.79 Å². The third kappa shape index (κ3) is 2.39. The van der Waals surface area contributed by atoms with Crippen LogP contribution >= 0.6 is 46.1 Å². The van der Waals surface area contributed by atoms with E-state index in [-0.39, 0.29) is 11.8 Å². The van der Waals surface area contributed by atoms with E-state index in [4.69, 9.17) is 12.2 Å². The number of hydrogen-bond acceptors (Lipinski definition) is 4. The molecule has 1 amide bonds. The molecule has 0 bridgehead atoms. The number of aromatic hydroxyl groups is 1. The molecule has 2 heterocycles. The molecule has 0 unspecified atom stereocenters. The Morgan fingerprint density at radius 3 is 3.00 bits per heavy atom. The second-order valence-electron chi connectivity index (χ2n) is 4.37. The van der Waals surface area contributed by atoms with Crippen LogP contribution in [0.5, 0.6) is 5.88 Å². The summed E-state index contributed by atoms with van der Waals surface area (Å²) in [4.78, 5) is 16.7. The fourth-order valence-electron chi connectivity index (χ4n) is 2.16. The minimum atomic E-state index is -0.343. The summed E-state index contributed by atoms with van der Waals surface area (Å²) < 4.78 is 3.05. The van der Waals surface area contributed by atoms with Crippen molar-refractivity contribution >= 4 is 57.6 Å². The Morgan fingerprint density at radius 2 is 2.29 bits per heavy atom. The van der Waals surface area contributed by atoms with Gasteiger partial charge in [-0.1, -0.05) is 6.08 Å². The predicted molar refractivity (Wildman–Crippen MR) is 92.5 cm³/mol. The summed E-state index contributed by atoms with van der Waals surface area (Å²) in [6.45, 7) is 4.04. The lowest BCUT2D eigenvalue weighted by Gasteiger charge is -2.01. The number of amides is 1. The smallest absolute Gasteiger partial charge is 0.279 e. The van der Waals surface area contributed by atoms with Gasteiger partial charge in [-0.25, -0.2) is 4.99 Å². The molecule has 3 rings (SSSR count). The number of carbonyl (C=O) groups is 1. The Bertz CT molecular complexity index is 956. The van der Waals surface area contributed by atoms with Gasteiger partial charge in [-0.3, -0.25) is 9.36 Å². The number of fused-ring (bicyclic) bond motifs is 1. The topological polar surface area (TPSA) is 54.6 Å². The lowest BCUT2D eigenvalue weighted by atomic mass is 10.1. The number of allylic oxidation sites excluding steroid dienone is 1. The predicted octanol–water partition coefficient (Wildman–Crippen LogP) is 2.13. The molecule has 7 heteroatoms. The molecule has 0 atom stereocenters. The summed E-state index contributed by atoms with van der Waals surface area (Å²) in [5.41, 5.74) is 0.417. The van der Waals surface area contributed by atoms with Crippen molar-refractivity contribution in [2.24, 2.45) is 4.99 Å². The molecule has 2 aromatic rings. The van der Waals surface area contributed by atoms with Gasteiger partial charge < -0.3 is 5.11 Å². The normalized spacial score (nSPS) is 13.2. The molecule has 0 aliphatic carbocycles. The van der Waals surface area contributed by atoms with Crippen LogP contribution in [-0.4, -0.2) is 15.6 Å². The van der Waals surface area contributed by atoms with Gasteiger partial charge in [0.1, 0.15) is 4.88 Å². The van der Waals surface area contributed by atoms with Crippen molar-refractivity contribution in [2.75, 3.05) is 0 Å². The van der Waals surface area contributed by atoms with E-state index in [1.165, 1.54) is 11.3 Å². The standard InChI is InChI=1S/C14H9IN2O2S2/c1-2-5-17-13(19)11(21-14(17)20)10-8-6-7(15)3-4-9(8)16-12(10)18/h2-4,6,19H,1,5H2. The average molecular weight is 428 g/mol. The first kappa shape index (κ1) is 14.6. The van der Waals surface area contributed by atoms with Gasteiger partial charge >= 0.3 is 0 Å². The van der Waals surface area contributed by atoms with Gasteiger partial charge in [0.25, 0.3) is 5.91 Å². The Morgan fingerprint density at radius 1 is 1.52 bits per heavy atom. The maximum Gasteiger partial charge on any atom is 0.279 e. The molecule has 4 nitrogen and oxygen atoms in total. The lowest BCUT2D eigenvalue weighted by molar-refractivity contribution is -0.112. The van der Waals surface area contributed by atoms with Gasteiger partial charge in [-0.05, 0) is 53.0 Å². The number of nitrogens with zero attached hydrogens (tertiary/aromatic N) is 2. The monoisotopic (exact) mass is 428 g/mol. The second-order valence-corrected chi connectivity index (χ2v) is 7.26. The Hall–Kier alpha value is -1.32. The van der Waals surface area contributed by atoms with E-state index < -0.39 is 0 Å². The highest BCUT2D eigenvalue weighted by Crippen LogP contribution is 2.32. The first-order valence-corrected chi connectivity index (χ1v) is 8.30. The summed E-state index contributed by atoms with van der Waals surface area (Å²) in [6.07, 6.45) is 1.65. The first-order chi connectivity index (χ1) is 10.0. The van der Waals surface area contributed by atoms with E-state index in [1.54, 1.807) is 16.7 Å². The molecule has 0 radical (unpaired) electrons. The van der Waals surface area contributed by atoms with Crippen LogP contribution in [0.2, 0.25) is 0 Å². The third-order valence-corrected chi connectivity index (χ3v) is 5.20. The van der Waals surface area contributed by atoms with Crippen LogP contribution in [-0.2, 0) is 11.3 Å². The Kier molecular flexibility index (Phi) is 3.80. The maximum atomic E-state index is 12.2. The number of hydrogen-bond donors (Lipinski definition) is 1. The second kappa shape index (κ2) is 5.47. The molecule has 1 aromatic carbocycles. The molecule has 0 saturated heterocycles. The highest BCUT2D eigenvalue weighted by Gasteiger charge is 2.25. The van der Waals surface area contributed by atoms with Crippen LogP contribution in [0, 0.1) is 7.52 Å². The Labute approximate surface area is 142 Å². The number of carbonyl (C=O) groups excluding carboxylic acids is 1. The zero-order chi connectivity index (χ0) is 15.1. The van der Waals surface area contributed by atoms with Gasteiger partial charge in [0.15, 0.2) is 3.95 Å². The van der Waals surface area contributed by atoms with Gasteiger partial charge in [0, 0.05) is 15.3 Å². The van der Waals surface area contributed by atoms with Crippen molar-refractivity contribution < 1.29 is 9.90 Å². The van der Waals surface area contributed by atoms with Gasteiger partial charge in [0.05, 0.1) is 10.9 Å². The summed E-state index contributed by atoms with van der Waals surface area (Å²) in [6, 6.07) is 5.59. The highest BCUT2D eigenvalue weighted by molar-refractivity contribution is 14.1. The average Bonchev–Trinajstić information content (AvgIpc) is 2.89. The molecule has 0 spiro atoms. The van der Waals surface area contributed by atoms with Crippen LogP contribution in [0.15, 0.2) is 35.8 Å². The van der Waals surface area contributed by atoms with Crippen LogP contribution in [0.4, 0.5) is 0 Å². The SMILES string of the molecule is C=CCn1c(O)c(C2=c3cc(I)ccc3=NC2=O)sc1=S. The minimum absolute atomic E-state index is 0.00448. The number of aromatic nitrogens is 1. The van der Waals surface area contributed by atoms with Crippen LogP contribution in [0.1, 0.15) is 4.88 Å². The van der Waals surface area contributed by atoms with Crippen molar-refractivity contribution in [1.29, 1.82) is 0 Å². The molecular formula is C14H9IN2O2S2. The lowest BCUT2D eigenvalue weighted by Crippen LogP contribution is -2.23. The molecule has 0 fully saturated rings. The van der Waals surface area contributed by atoms with Crippen molar-refractivity contribution in [3.8, 4) is 5.88 Å². The molecule has 1 aliphatic heterocycles. The van der Waals surface area contributed by atoms with E-state index in [1.807, 2.05) is 12.1 Å².